The SMILES string of the molecule is Nc1ccc(/C=C/c2nc(N3CCCC3)no2)cc1. The van der Waals surface area contributed by atoms with E-state index < -0.39 is 0 Å². The van der Waals surface area contributed by atoms with Gasteiger partial charge >= 0.3 is 0 Å². The zero-order valence-electron chi connectivity index (χ0n) is 10.6. The van der Waals surface area contributed by atoms with Gasteiger partial charge in [-0.25, -0.2) is 0 Å². The van der Waals surface area contributed by atoms with Crippen LogP contribution in [0.15, 0.2) is 28.8 Å². The number of aromatic nitrogens is 2. The minimum Gasteiger partial charge on any atom is -0.399 e. The fraction of sp³-hybridized carbons (Fsp3) is 0.286. The number of anilines is 2. The summed E-state index contributed by atoms with van der Waals surface area (Å²) < 4.78 is 5.21. The summed E-state index contributed by atoms with van der Waals surface area (Å²) in [7, 11) is 0. The first kappa shape index (κ1) is 11.8. The molecule has 0 aliphatic carbocycles. The Labute approximate surface area is 111 Å². The normalized spacial score (nSPS) is 15.5. The molecule has 2 N–H and O–H groups in total. The maximum atomic E-state index is 5.64. The molecule has 0 unspecified atom stereocenters. The van der Waals surface area contributed by atoms with Crippen molar-refractivity contribution in [3.8, 4) is 0 Å². The van der Waals surface area contributed by atoms with E-state index in [0.29, 0.717) is 11.8 Å². The van der Waals surface area contributed by atoms with Crippen LogP contribution in [0.3, 0.4) is 0 Å². The predicted octanol–water partition coefficient (Wildman–Crippen LogP) is 2.42. The molecule has 5 nitrogen and oxygen atoms in total. The van der Waals surface area contributed by atoms with Crippen LogP contribution in [0.25, 0.3) is 12.2 Å². The lowest BCUT2D eigenvalue weighted by Gasteiger charge is -2.09. The number of benzene rings is 1. The van der Waals surface area contributed by atoms with Crippen LogP contribution in [0.2, 0.25) is 0 Å². The summed E-state index contributed by atoms with van der Waals surface area (Å²) >= 11 is 0. The molecule has 5 heteroatoms. The Morgan fingerprint density at radius 1 is 1.11 bits per heavy atom. The van der Waals surface area contributed by atoms with Gasteiger partial charge in [0.1, 0.15) is 0 Å². The summed E-state index contributed by atoms with van der Waals surface area (Å²) in [5.74, 6) is 1.22. The lowest BCUT2D eigenvalue weighted by molar-refractivity contribution is 0.409. The van der Waals surface area contributed by atoms with Gasteiger partial charge in [-0.1, -0.05) is 12.1 Å². The smallest absolute Gasteiger partial charge is 0.266 e. The van der Waals surface area contributed by atoms with E-state index in [9.17, 15) is 0 Å². The largest absolute Gasteiger partial charge is 0.399 e. The zero-order valence-corrected chi connectivity index (χ0v) is 10.6. The number of hydrogen-bond acceptors (Lipinski definition) is 5. The molecule has 1 aliphatic rings. The molecule has 0 atom stereocenters. The summed E-state index contributed by atoms with van der Waals surface area (Å²) in [6, 6.07) is 7.62. The van der Waals surface area contributed by atoms with Crippen molar-refractivity contribution in [3.63, 3.8) is 0 Å². The van der Waals surface area contributed by atoms with E-state index in [1.54, 1.807) is 0 Å². The molecule has 2 aromatic rings. The Morgan fingerprint density at radius 2 is 1.84 bits per heavy atom. The topological polar surface area (TPSA) is 68.2 Å². The molecule has 98 valence electrons. The molecule has 0 amide bonds. The van der Waals surface area contributed by atoms with Gasteiger partial charge in [0.05, 0.1) is 0 Å². The van der Waals surface area contributed by atoms with Crippen LogP contribution in [0, 0.1) is 0 Å². The van der Waals surface area contributed by atoms with Gasteiger partial charge in [0.2, 0.25) is 0 Å². The van der Waals surface area contributed by atoms with E-state index >= 15 is 0 Å². The third-order valence-electron chi connectivity index (χ3n) is 3.17. The third-order valence-corrected chi connectivity index (χ3v) is 3.17. The minimum absolute atomic E-state index is 0.527. The van der Waals surface area contributed by atoms with Crippen LogP contribution in [0.4, 0.5) is 11.6 Å². The second-order valence-corrected chi connectivity index (χ2v) is 4.63. The van der Waals surface area contributed by atoms with Crippen molar-refractivity contribution in [1.82, 2.24) is 10.1 Å². The fourth-order valence-corrected chi connectivity index (χ4v) is 2.11. The molecule has 0 saturated carbocycles. The molecule has 0 bridgehead atoms. The monoisotopic (exact) mass is 256 g/mol. The fourth-order valence-electron chi connectivity index (χ4n) is 2.11. The van der Waals surface area contributed by atoms with Gasteiger partial charge in [0.25, 0.3) is 11.8 Å². The Hall–Kier alpha value is -2.30. The van der Waals surface area contributed by atoms with Crippen LogP contribution >= 0.6 is 0 Å². The maximum absolute atomic E-state index is 5.64. The van der Waals surface area contributed by atoms with Crippen molar-refractivity contribution >= 4 is 23.8 Å². The number of nitrogens with two attached hydrogens (primary N) is 1. The van der Waals surface area contributed by atoms with E-state index in [-0.39, 0.29) is 0 Å². The molecule has 1 saturated heterocycles. The molecule has 3 rings (SSSR count). The van der Waals surface area contributed by atoms with Gasteiger partial charge in [-0.05, 0) is 41.8 Å². The highest BCUT2D eigenvalue weighted by Gasteiger charge is 2.16. The van der Waals surface area contributed by atoms with Crippen molar-refractivity contribution < 1.29 is 4.52 Å². The molecule has 0 radical (unpaired) electrons. The maximum Gasteiger partial charge on any atom is 0.266 e. The molecule has 1 aromatic heterocycles. The van der Waals surface area contributed by atoms with Gasteiger partial charge in [0, 0.05) is 24.9 Å². The Bertz CT molecular complexity index is 567. The first-order chi connectivity index (χ1) is 9.31. The average Bonchev–Trinajstić information content (AvgIpc) is 3.09. The van der Waals surface area contributed by atoms with E-state index in [4.69, 9.17) is 10.3 Å². The third kappa shape index (κ3) is 2.76. The predicted molar refractivity (Wildman–Crippen MR) is 75.5 cm³/mol. The van der Waals surface area contributed by atoms with Crippen molar-refractivity contribution in [2.45, 2.75) is 12.8 Å². The van der Waals surface area contributed by atoms with Crippen molar-refractivity contribution in [2.75, 3.05) is 23.7 Å². The molecule has 19 heavy (non-hydrogen) atoms. The molecule has 1 aromatic carbocycles. The van der Waals surface area contributed by atoms with Crippen molar-refractivity contribution in [1.29, 1.82) is 0 Å². The van der Waals surface area contributed by atoms with E-state index in [2.05, 4.69) is 15.0 Å². The van der Waals surface area contributed by atoms with Crippen LogP contribution in [0.1, 0.15) is 24.3 Å². The molecule has 0 spiro atoms. The van der Waals surface area contributed by atoms with Crippen molar-refractivity contribution in [2.24, 2.45) is 0 Å². The number of nitrogen functional groups attached to an aromatic ring is 1. The molecule has 1 fully saturated rings. The van der Waals surface area contributed by atoms with E-state index in [1.165, 1.54) is 12.8 Å². The lowest BCUT2D eigenvalue weighted by Crippen LogP contribution is -2.18. The Kier molecular flexibility index (Phi) is 3.18. The first-order valence-electron chi connectivity index (χ1n) is 6.43. The van der Waals surface area contributed by atoms with Gasteiger partial charge in [0.15, 0.2) is 0 Å². The number of nitrogens with zero attached hydrogens (tertiary/aromatic N) is 3. The second-order valence-electron chi connectivity index (χ2n) is 4.63. The molecular weight excluding hydrogens is 240 g/mol. The summed E-state index contributed by atoms with van der Waals surface area (Å²) in [5.41, 5.74) is 7.44. The van der Waals surface area contributed by atoms with Crippen molar-refractivity contribution in [3.05, 3.63) is 35.7 Å². The molecule has 2 heterocycles. The minimum atomic E-state index is 0.527. The highest BCUT2D eigenvalue weighted by atomic mass is 16.5. The van der Waals surface area contributed by atoms with Crippen LogP contribution in [-0.4, -0.2) is 23.2 Å². The second kappa shape index (κ2) is 5.14. The summed E-state index contributed by atoms with van der Waals surface area (Å²) in [6.07, 6.45) is 6.15. The standard InChI is InChI=1S/C14H16N4O/c15-12-6-3-11(4-7-12)5-8-13-16-14(17-19-13)18-9-1-2-10-18/h3-8H,1-2,9-10,15H2/b8-5+. The summed E-state index contributed by atoms with van der Waals surface area (Å²) in [6.45, 7) is 2.03. The quantitative estimate of drug-likeness (QED) is 0.854. The highest BCUT2D eigenvalue weighted by Crippen LogP contribution is 2.17. The Morgan fingerprint density at radius 3 is 2.58 bits per heavy atom. The lowest BCUT2D eigenvalue weighted by atomic mass is 10.2. The first-order valence-corrected chi connectivity index (χ1v) is 6.43. The molecular formula is C14H16N4O. The number of rotatable bonds is 3. The van der Waals surface area contributed by atoms with E-state index in [1.807, 2.05) is 36.4 Å². The zero-order chi connectivity index (χ0) is 13.1. The summed E-state index contributed by atoms with van der Waals surface area (Å²) in [5, 5.41) is 3.99. The van der Waals surface area contributed by atoms with Crippen LogP contribution < -0.4 is 10.6 Å². The van der Waals surface area contributed by atoms with Gasteiger partial charge in [-0.3, -0.25) is 0 Å². The van der Waals surface area contributed by atoms with Crippen LogP contribution in [0.5, 0.6) is 0 Å². The average molecular weight is 256 g/mol. The van der Waals surface area contributed by atoms with Gasteiger partial charge in [-0.15, -0.1) is 0 Å². The Balaban J connectivity index is 1.71. The highest BCUT2D eigenvalue weighted by molar-refractivity contribution is 5.67. The summed E-state index contributed by atoms with van der Waals surface area (Å²) in [4.78, 5) is 6.50. The number of hydrogen-bond donors (Lipinski definition) is 1. The van der Waals surface area contributed by atoms with Gasteiger partial charge < -0.3 is 15.2 Å². The van der Waals surface area contributed by atoms with Gasteiger partial charge in [-0.2, -0.15) is 4.98 Å². The molecule has 1 aliphatic heterocycles. The van der Waals surface area contributed by atoms with Crippen LogP contribution in [-0.2, 0) is 0 Å². The van der Waals surface area contributed by atoms with E-state index in [0.717, 1.165) is 24.3 Å².